The lowest BCUT2D eigenvalue weighted by Crippen LogP contribution is -2.53. The molecule has 0 saturated heterocycles. The molecule has 4 aromatic rings. The molecule has 0 aliphatic carbocycles. The highest BCUT2D eigenvalue weighted by molar-refractivity contribution is 7.92. The largest absolute Gasteiger partial charge is 0.354 e. The minimum absolute atomic E-state index is 0.0428. The van der Waals surface area contributed by atoms with Crippen LogP contribution in [-0.2, 0) is 32.6 Å². The van der Waals surface area contributed by atoms with Crippen molar-refractivity contribution < 1.29 is 18.0 Å². The van der Waals surface area contributed by atoms with E-state index in [4.69, 9.17) is 23.2 Å². The number of rotatable bonds is 13. The van der Waals surface area contributed by atoms with Gasteiger partial charge in [0.05, 0.1) is 10.6 Å². The lowest BCUT2D eigenvalue weighted by molar-refractivity contribution is -0.140. The van der Waals surface area contributed by atoms with E-state index in [1.165, 1.54) is 17.0 Å². The number of carbonyl (C=O) groups is 2. The summed E-state index contributed by atoms with van der Waals surface area (Å²) in [5, 5.41) is 3.69. The van der Waals surface area contributed by atoms with E-state index in [9.17, 15) is 18.0 Å². The van der Waals surface area contributed by atoms with Crippen molar-refractivity contribution in [1.29, 1.82) is 0 Å². The second-order valence-electron chi connectivity index (χ2n) is 10.4. The van der Waals surface area contributed by atoms with Gasteiger partial charge in [-0.3, -0.25) is 13.9 Å². The van der Waals surface area contributed by atoms with Crippen LogP contribution in [0.5, 0.6) is 0 Å². The lowest BCUT2D eigenvalue weighted by Gasteiger charge is -2.34. The van der Waals surface area contributed by atoms with Crippen LogP contribution in [0.4, 0.5) is 5.69 Å². The fraction of sp³-hybridized carbons (Fsp3) is 0.235. The zero-order valence-corrected chi connectivity index (χ0v) is 26.9. The molecule has 1 N–H and O–H groups in total. The molecule has 0 fully saturated rings. The lowest BCUT2D eigenvalue weighted by atomic mass is 10.0. The van der Waals surface area contributed by atoms with Crippen molar-refractivity contribution in [3.63, 3.8) is 0 Å². The highest BCUT2D eigenvalue weighted by Crippen LogP contribution is 2.29. The van der Waals surface area contributed by atoms with E-state index in [0.717, 1.165) is 9.87 Å². The van der Waals surface area contributed by atoms with Crippen LogP contribution in [0, 0.1) is 6.92 Å². The predicted octanol–water partition coefficient (Wildman–Crippen LogP) is 6.66. The number of aryl methyl sites for hydroxylation is 1. The fourth-order valence-corrected chi connectivity index (χ4v) is 6.80. The summed E-state index contributed by atoms with van der Waals surface area (Å²) >= 11 is 12.7. The summed E-state index contributed by atoms with van der Waals surface area (Å²) in [6.07, 6.45) is 0.917. The maximum atomic E-state index is 14.5. The molecule has 0 spiro atoms. The van der Waals surface area contributed by atoms with E-state index in [1.54, 1.807) is 67.6 Å². The second kappa shape index (κ2) is 15.2. The van der Waals surface area contributed by atoms with Crippen LogP contribution in [0.2, 0.25) is 10.0 Å². The Kier molecular flexibility index (Phi) is 11.4. The van der Waals surface area contributed by atoms with Crippen molar-refractivity contribution in [3.8, 4) is 0 Å². The van der Waals surface area contributed by atoms with Gasteiger partial charge in [0.2, 0.25) is 11.8 Å². The van der Waals surface area contributed by atoms with Gasteiger partial charge in [-0.15, -0.1) is 0 Å². The van der Waals surface area contributed by atoms with Gasteiger partial charge in [0.15, 0.2) is 0 Å². The summed E-state index contributed by atoms with van der Waals surface area (Å²) in [6.45, 7) is 3.57. The molecule has 44 heavy (non-hydrogen) atoms. The van der Waals surface area contributed by atoms with Crippen molar-refractivity contribution in [2.45, 2.75) is 44.2 Å². The molecule has 1 atom stereocenters. The van der Waals surface area contributed by atoms with Crippen LogP contribution in [0.15, 0.2) is 108 Å². The quantitative estimate of drug-likeness (QED) is 0.175. The molecule has 0 heterocycles. The fourth-order valence-electron chi connectivity index (χ4n) is 4.83. The maximum Gasteiger partial charge on any atom is 0.264 e. The highest BCUT2D eigenvalue weighted by Gasteiger charge is 2.35. The first-order valence-corrected chi connectivity index (χ1v) is 16.5. The summed E-state index contributed by atoms with van der Waals surface area (Å²) in [7, 11) is -4.17. The number of sulfonamides is 1. The summed E-state index contributed by atoms with van der Waals surface area (Å²) in [5.74, 6) is -0.908. The van der Waals surface area contributed by atoms with Crippen molar-refractivity contribution in [2.24, 2.45) is 0 Å². The third kappa shape index (κ3) is 8.20. The van der Waals surface area contributed by atoms with E-state index in [2.05, 4.69) is 5.32 Å². The molecule has 4 aromatic carbocycles. The topological polar surface area (TPSA) is 86.8 Å². The molecule has 0 bridgehead atoms. The Hall–Kier alpha value is -3.85. The number of benzene rings is 4. The molecule has 7 nitrogen and oxygen atoms in total. The molecule has 0 aliphatic rings. The molecule has 0 aliphatic heterocycles. The maximum absolute atomic E-state index is 14.5. The van der Waals surface area contributed by atoms with Gasteiger partial charge in [-0.2, -0.15) is 0 Å². The van der Waals surface area contributed by atoms with Crippen molar-refractivity contribution in [3.05, 3.63) is 130 Å². The molecular formula is C34H35Cl2N3O4S. The van der Waals surface area contributed by atoms with Gasteiger partial charge in [0.25, 0.3) is 10.0 Å². The van der Waals surface area contributed by atoms with Gasteiger partial charge in [-0.05, 0) is 60.4 Å². The van der Waals surface area contributed by atoms with Crippen molar-refractivity contribution in [1.82, 2.24) is 10.2 Å². The number of anilines is 1. The van der Waals surface area contributed by atoms with Crippen LogP contribution in [-0.4, -0.2) is 44.3 Å². The zero-order chi connectivity index (χ0) is 31.7. The third-order valence-electron chi connectivity index (χ3n) is 7.17. The standard InChI is InChI=1S/C34H35Cl2N3O4S/c1-3-20-37-34(41)32(21-26-13-6-4-7-14-26)38(23-27-18-19-28(35)22-30(27)36)33(40)24-39(31-17-11-10-12-25(31)2)44(42,43)29-15-8-5-9-16-29/h4-19,22,32H,3,20-21,23-24H2,1-2H3,(H,37,41)/t32-/m1/s1. The van der Waals surface area contributed by atoms with Crippen LogP contribution in [0.1, 0.15) is 30.0 Å². The minimum atomic E-state index is -4.17. The van der Waals surface area contributed by atoms with E-state index in [1.807, 2.05) is 37.3 Å². The van der Waals surface area contributed by atoms with Crippen LogP contribution >= 0.6 is 23.2 Å². The van der Waals surface area contributed by atoms with Gasteiger partial charge < -0.3 is 10.2 Å². The monoisotopic (exact) mass is 651 g/mol. The first-order valence-electron chi connectivity index (χ1n) is 14.3. The first kappa shape index (κ1) is 33.1. The highest BCUT2D eigenvalue weighted by atomic mass is 35.5. The van der Waals surface area contributed by atoms with Gasteiger partial charge >= 0.3 is 0 Å². The van der Waals surface area contributed by atoms with Crippen LogP contribution < -0.4 is 9.62 Å². The smallest absolute Gasteiger partial charge is 0.264 e. The minimum Gasteiger partial charge on any atom is -0.354 e. The second-order valence-corrected chi connectivity index (χ2v) is 13.1. The van der Waals surface area contributed by atoms with Gasteiger partial charge in [0, 0.05) is 29.6 Å². The number of nitrogens with one attached hydrogen (secondary N) is 1. The van der Waals surface area contributed by atoms with E-state index >= 15 is 0 Å². The number of nitrogens with zero attached hydrogens (tertiary/aromatic N) is 2. The van der Waals surface area contributed by atoms with E-state index < -0.39 is 28.5 Å². The molecule has 10 heteroatoms. The SMILES string of the molecule is CCCNC(=O)[C@@H](Cc1ccccc1)N(Cc1ccc(Cl)cc1Cl)C(=O)CN(c1ccccc1C)S(=O)(=O)c1ccccc1. The summed E-state index contributed by atoms with van der Waals surface area (Å²) in [4.78, 5) is 29.7. The predicted molar refractivity (Wildman–Crippen MR) is 176 cm³/mol. The van der Waals surface area contributed by atoms with Crippen LogP contribution in [0.25, 0.3) is 0 Å². The number of halogens is 2. The Labute approximate surface area is 269 Å². The molecule has 0 aromatic heterocycles. The molecule has 230 valence electrons. The molecular weight excluding hydrogens is 617 g/mol. The Morgan fingerprint density at radius 1 is 0.864 bits per heavy atom. The number of hydrogen-bond acceptors (Lipinski definition) is 4. The van der Waals surface area contributed by atoms with Crippen LogP contribution in [0.3, 0.4) is 0 Å². The normalized spacial score (nSPS) is 11.9. The van der Waals surface area contributed by atoms with Gasteiger partial charge in [0.1, 0.15) is 12.6 Å². The summed E-state index contributed by atoms with van der Waals surface area (Å²) in [5.41, 5.74) is 2.45. The van der Waals surface area contributed by atoms with Crippen molar-refractivity contribution >= 4 is 50.7 Å². The number of carbonyl (C=O) groups excluding carboxylic acids is 2. The Balaban J connectivity index is 1.82. The molecule has 4 rings (SSSR count). The Morgan fingerprint density at radius 3 is 2.14 bits per heavy atom. The summed E-state index contributed by atoms with van der Waals surface area (Å²) < 4.78 is 29.2. The average molecular weight is 653 g/mol. The Bertz CT molecular complexity index is 1690. The third-order valence-corrected chi connectivity index (χ3v) is 9.53. The zero-order valence-electron chi connectivity index (χ0n) is 24.6. The van der Waals surface area contributed by atoms with E-state index in [-0.39, 0.29) is 23.8 Å². The average Bonchev–Trinajstić information content (AvgIpc) is 3.02. The van der Waals surface area contributed by atoms with Crippen molar-refractivity contribution in [2.75, 3.05) is 17.4 Å². The molecule has 2 amide bonds. The van der Waals surface area contributed by atoms with E-state index in [0.29, 0.717) is 39.8 Å². The Morgan fingerprint density at radius 2 is 1.50 bits per heavy atom. The summed E-state index contributed by atoms with van der Waals surface area (Å²) in [6, 6.07) is 28.3. The van der Waals surface area contributed by atoms with Gasteiger partial charge in [-0.25, -0.2) is 8.42 Å². The first-order chi connectivity index (χ1) is 21.1. The van der Waals surface area contributed by atoms with Gasteiger partial charge in [-0.1, -0.05) is 103 Å². The number of hydrogen-bond donors (Lipinski definition) is 1. The number of amides is 2. The molecule has 0 saturated carbocycles. The number of para-hydroxylation sites is 1. The molecule has 0 radical (unpaired) electrons. The molecule has 0 unspecified atom stereocenters.